The van der Waals surface area contributed by atoms with Crippen LogP contribution in [0.4, 0.5) is 5.82 Å². The van der Waals surface area contributed by atoms with Gasteiger partial charge in [-0.25, -0.2) is 15.0 Å². The monoisotopic (exact) mass is 261 g/mol. The largest absolute Gasteiger partial charge is 0.373 e. The van der Waals surface area contributed by atoms with E-state index in [1.54, 1.807) is 18.6 Å². The Balaban J connectivity index is 2.24. The molecule has 0 saturated heterocycles. The molecule has 2 aromatic heterocycles. The number of rotatable bonds is 5. The van der Waals surface area contributed by atoms with Gasteiger partial charge in [-0.1, -0.05) is 6.92 Å². The Morgan fingerprint density at radius 1 is 1.22 bits per heavy atom. The average molecular weight is 261 g/mol. The van der Waals surface area contributed by atoms with Crippen molar-refractivity contribution in [2.24, 2.45) is 0 Å². The van der Waals surface area contributed by atoms with Gasteiger partial charge < -0.3 is 5.32 Å². The highest BCUT2D eigenvalue weighted by Crippen LogP contribution is 2.25. The van der Waals surface area contributed by atoms with Crippen LogP contribution in [-0.2, 0) is 6.42 Å². The second-order valence-corrected chi connectivity index (χ2v) is 4.69. The third-order valence-electron chi connectivity index (χ3n) is 2.23. The summed E-state index contributed by atoms with van der Waals surface area (Å²) in [7, 11) is 1.86. The molecule has 0 aliphatic rings. The molecule has 2 rings (SSSR count). The summed E-state index contributed by atoms with van der Waals surface area (Å²) >= 11 is 1.49. The van der Waals surface area contributed by atoms with Gasteiger partial charge in [0.05, 0.1) is 6.20 Å². The molecule has 0 radical (unpaired) electrons. The number of anilines is 1. The van der Waals surface area contributed by atoms with E-state index >= 15 is 0 Å². The van der Waals surface area contributed by atoms with Crippen LogP contribution in [0.2, 0.25) is 0 Å². The molecule has 1 N–H and O–H groups in total. The van der Waals surface area contributed by atoms with Gasteiger partial charge >= 0.3 is 0 Å². The zero-order chi connectivity index (χ0) is 12.8. The van der Waals surface area contributed by atoms with Gasteiger partial charge in [-0.15, -0.1) is 0 Å². The molecule has 2 aromatic rings. The van der Waals surface area contributed by atoms with Crippen LogP contribution in [0.25, 0.3) is 0 Å². The molecule has 0 spiro atoms. The molecule has 0 atom stereocenters. The molecular weight excluding hydrogens is 246 g/mol. The molecule has 0 aliphatic heterocycles. The average Bonchev–Trinajstić information content (AvgIpc) is 2.40. The van der Waals surface area contributed by atoms with E-state index in [1.165, 1.54) is 11.8 Å². The lowest BCUT2D eigenvalue weighted by molar-refractivity contribution is 0.811. The maximum absolute atomic E-state index is 4.51. The first kappa shape index (κ1) is 12.8. The standard InChI is InChI=1S/C12H15N5S/c1-3-4-9-16-10(13-2)7-11(17-9)18-12-8-14-5-6-15-12/h5-8H,3-4H2,1-2H3,(H,13,16,17). The number of hydrogen-bond donors (Lipinski definition) is 1. The Labute approximate surface area is 110 Å². The summed E-state index contributed by atoms with van der Waals surface area (Å²) in [6.45, 7) is 2.12. The van der Waals surface area contributed by atoms with E-state index in [2.05, 4.69) is 32.2 Å². The van der Waals surface area contributed by atoms with Crippen LogP contribution in [0, 0.1) is 0 Å². The maximum atomic E-state index is 4.51. The molecular formula is C12H15N5S. The molecule has 0 bridgehead atoms. The fourth-order valence-electron chi connectivity index (χ4n) is 1.43. The van der Waals surface area contributed by atoms with Gasteiger partial charge in [0.15, 0.2) is 0 Å². The smallest absolute Gasteiger partial charge is 0.132 e. The Morgan fingerprint density at radius 2 is 2.11 bits per heavy atom. The van der Waals surface area contributed by atoms with E-state index in [-0.39, 0.29) is 0 Å². The number of aryl methyl sites for hydroxylation is 1. The van der Waals surface area contributed by atoms with Crippen molar-refractivity contribution in [3.8, 4) is 0 Å². The summed E-state index contributed by atoms with van der Waals surface area (Å²) < 4.78 is 0. The van der Waals surface area contributed by atoms with Gasteiger partial charge in [0.25, 0.3) is 0 Å². The van der Waals surface area contributed by atoms with Crippen molar-refractivity contribution in [2.45, 2.75) is 29.8 Å². The molecule has 2 heterocycles. The molecule has 5 nitrogen and oxygen atoms in total. The van der Waals surface area contributed by atoms with Crippen molar-refractivity contribution in [1.82, 2.24) is 19.9 Å². The first-order valence-corrected chi connectivity index (χ1v) is 6.63. The lowest BCUT2D eigenvalue weighted by Gasteiger charge is -2.06. The van der Waals surface area contributed by atoms with E-state index in [1.807, 2.05) is 13.1 Å². The number of nitrogens with zero attached hydrogens (tertiary/aromatic N) is 4. The minimum atomic E-state index is 0.833. The Kier molecular flexibility index (Phi) is 4.46. The summed E-state index contributed by atoms with van der Waals surface area (Å²) in [5.74, 6) is 1.69. The summed E-state index contributed by atoms with van der Waals surface area (Å²) in [6, 6.07) is 1.92. The zero-order valence-electron chi connectivity index (χ0n) is 10.4. The second-order valence-electron chi connectivity index (χ2n) is 3.65. The van der Waals surface area contributed by atoms with Crippen LogP contribution in [0.3, 0.4) is 0 Å². The van der Waals surface area contributed by atoms with Crippen molar-refractivity contribution in [1.29, 1.82) is 0 Å². The lowest BCUT2D eigenvalue weighted by Crippen LogP contribution is -2.01. The molecule has 0 aliphatic carbocycles. The number of hydrogen-bond acceptors (Lipinski definition) is 6. The number of aromatic nitrogens is 4. The van der Waals surface area contributed by atoms with Crippen LogP contribution < -0.4 is 5.32 Å². The van der Waals surface area contributed by atoms with Gasteiger partial charge in [-0.2, -0.15) is 0 Å². The molecule has 18 heavy (non-hydrogen) atoms. The molecule has 6 heteroatoms. The van der Waals surface area contributed by atoms with Crippen molar-refractivity contribution < 1.29 is 0 Å². The second kappa shape index (κ2) is 6.30. The molecule has 94 valence electrons. The highest BCUT2D eigenvalue weighted by Gasteiger charge is 2.06. The van der Waals surface area contributed by atoms with Gasteiger partial charge in [0, 0.05) is 31.9 Å². The quantitative estimate of drug-likeness (QED) is 0.834. The Morgan fingerprint density at radius 3 is 2.78 bits per heavy atom. The van der Waals surface area contributed by atoms with Crippen LogP contribution in [-0.4, -0.2) is 27.0 Å². The van der Waals surface area contributed by atoms with Gasteiger partial charge in [-0.3, -0.25) is 4.98 Å². The lowest BCUT2D eigenvalue weighted by atomic mass is 10.3. The van der Waals surface area contributed by atoms with Crippen molar-refractivity contribution in [2.75, 3.05) is 12.4 Å². The highest BCUT2D eigenvalue weighted by atomic mass is 32.2. The predicted octanol–water partition coefficient (Wildman–Crippen LogP) is 2.41. The van der Waals surface area contributed by atoms with Crippen molar-refractivity contribution in [3.63, 3.8) is 0 Å². The Hall–Kier alpha value is -1.69. The summed E-state index contributed by atoms with van der Waals surface area (Å²) in [4.78, 5) is 17.2. The molecule has 0 unspecified atom stereocenters. The van der Waals surface area contributed by atoms with Crippen LogP contribution in [0.15, 0.2) is 34.7 Å². The normalized spacial score (nSPS) is 10.3. The molecule has 0 aromatic carbocycles. The third kappa shape index (κ3) is 3.40. The molecule has 0 saturated carbocycles. The van der Waals surface area contributed by atoms with Gasteiger partial charge in [0.1, 0.15) is 21.7 Å². The minimum absolute atomic E-state index is 0.833. The third-order valence-corrected chi connectivity index (χ3v) is 3.07. The first-order chi connectivity index (χ1) is 8.81. The fraction of sp³-hybridized carbons (Fsp3) is 0.333. The van der Waals surface area contributed by atoms with Crippen molar-refractivity contribution >= 4 is 17.6 Å². The first-order valence-electron chi connectivity index (χ1n) is 5.81. The van der Waals surface area contributed by atoms with Crippen LogP contribution in [0.1, 0.15) is 19.2 Å². The molecule has 0 amide bonds. The van der Waals surface area contributed by atoms with Gasteiger partial charge in [0.2, 0.25) is 0 Å². The van der Waals surface area contributed by atoms with Crippen molar-refractivity contribution in [3.05, 3.63) is 30.5 Å². The van der Waals surface area contributed by atoms with E-state index in [0.29, 0.717) is 0 Å². The van der Waals surface area contributed by atoms with E-state index in [0.717, 1.165) is 34.5 Å². The summed E-state index contributed by atoms with van der Waals surface area (Å²) in [5, 5.41) is 4.77. The van der Waals surface area contributed by atoms with Crippen LogP contribution >= 0.6 is 11.8 Å². The van der Waals surface area contributed by atoms with E-state index in [9.17, 15) is 0 Å². The fourth-order valence-corrected chi connectivity index (χ4v) is 2.20. The van der Waals surface area contributed by atoms with E-state index in [4.69, 9.17) is 0 Å². The zero-order valence-corrected chi connectivity index (χ0v) is 11.2. The predicted molar refractivity (Wildman–Crippen MR) is 71.7 cm³/mol. The van der Waals surface area contributed by atoms with E-state index < -0.39 is 0 Å². The van der Waals surface area contributed by atoms with Gasteiger partial charge in [-0.05, 0) is 18.2 Å². The SMILES string of the molecule is CCCc1nc(NC)cc(Sc2cnccn2)n1. The topological polar surface area (TPSA) is 63.6 Å². The molecule has 0 fully saturated rings. The maximum Gasteiger partial charge on any atom is 0.132 e. The Bertz CT molecular complexity index is 503. The van der Waals surface area contributed by atoms with Crippen LogP contribution in [0.5, 0.6) is 0 Å². The minimum Gasteiger partial charge on any atom is -0.373 e. The highest BCUT2D eigenvalue weighted by molar-refractivity contribution is 7.99. The summed E-state index contributed by atoms with van der Waals surface area (Å²) in [6.07, 6.45) is 6.97. The summed E-state index contributed by atoms with van der Waals surface area (Å²) in [5.41, 5.74) is 0. The number of nitrogens with one attached hydrogen (secondary N) is 1.